The van der Waals surface area contributed by atoms with Gasteiger partial charge >= 0.3 is 0 Å². The van der Waals surface area contributed by atoms with Crippen LogP contribution in [0.3, 0.4) is 0 Å². The van der Waals surface area contributed by atoms with Gasteiger partial charge in [0.1, 0.15) is 6.07 Å². The maximum atomic E-state index is 11.7. The number of para-hydroxylation sites is 4. The predicted molar refractivity (Wildman–Crippen MR) is 290 cm³/mol. The van der Waals surface area contributed by atoms with E-state index in [1.807, 2.05) is 36.4 Å². The Hall–Kier alpha value is -9.88. The van der Waals surface area contributed by atoms with Gasteiger partial charge in [0.15, 0.2) is 0 Å². The van der Waals surface area contributed by atoms with E-state index < -0.39 is 0 Å². The van der Waals surface area contributed by atoms with Crippen molar-refractivity contribution in [3.05, 3.63) is 260 Å². The molecule has 0 aliphatic rings. The molecule has 13 aromatic rings. The first kappa shape index (κ1) is 40.4. The molecule has 2 aromatic heterocycles. The van der Waals surface area contributed by atoms with Crippen LogP contribution in [0.1, 0.15) is 5.56 Å². The maximum absolute atomic E-state index is 11.7. The minimum Gasteiger partial charge on any atom is -0.318 e. The Bertz CT molecular complexity index is 4180. The molecular weight excluding hydrogens is 853 g/mol. The highest BCUT2D eigenvalue weighted by atomic mass is 15.1. The highest BCUT2D eigenvalue weighted by Gasteiger charge is 2.26. The van der Waals surface area contributed by atoms with Gasteiger partial charge in [0.05, 0.1) is 45.6 Å². The van der Waals surface area contributed by atoms with Gasteiger partial charge in [-0.3, -0.25) is 0 Å². The SMILES string of the molecule is [C-]#[N+]c1ccc(-n2c3ccc(N(c4ccccc4)c4ccccc4)cc3c3c4ccccc4ccc32)c(C#N)c1-n1c2ccc(N(c3ccccc3)c3ccccc3)cc2c2c3ccccc3ccc21. The Labute approximate surface area is 404 Å². The second-order valence-corrected chi connectivity index (χ2v) is 17.5. The molecule has 0 bridgehead atoms. The topological polar surface area (TPSA) is 44.5 Å². The Morgan fingerprint density at radius 2 is 0.771 bits per heavy atom. The molecule has 13 rings (SSSR count). The fourth-order valence-corrected chi connectivity index (χ4v) is 10.7. The third kappa shape index (κ3) is 6.33. The molecule has 0 atom stereocenters. The van der Waals surface area contributed by atoms with Crippen molar-refractivity contribution >= 4 is 105 Å². The van der Waals surface area contributed by atoms with Gasteiger partial charge in [-0.1, -0.05) is 140 Å². The molecule has 0 amide bonds. The summed E-state index contributed by atoms with van der Waals surface area (Å²) in [6.45, 7) is 8.67. The Morgan fingerprint density at radius 1 is 0.371 bits per heavy atom. The molecule has 0 unspecified atom stereocenters. The molecule has 0 radical (unpaired) electrons. The largest absolute Gasteiger partial charge is 0.318 e. The van der Waals surface area contributed by atoms with Gasteiger partial charge in [-0.05, 0) is 125 Å². The van der Waals surface area contributed by atoms with Gasteiger partial charge in [-0.2, -0.15) is 5.26 Å². The van der Waals surface area contributed by atoms with Crippen LogP contribution in [0.15, 0.2) is 243 Å². The zero-order chi connectivity index (χ0) is 46.7. The number of anilines is 6. The van der Waals surface area contributed by atoms with Crippen LogP contribution in [0, 0.1) is 17.9 Å². The molecule has 0 fully saturated rings. The molecule has 6 nitrogen and oxygen atoms in total. The standard InChI is InChI=1S/C64H40N6/c1-66-56-34-39-59(69-57-37-32-49(67(45-20-6-2-7-21-45)46-22-8-3-9-23-46)40-53(57)62-51-28-16-14-18-43(51)30-35-60(62)69)55(42-65)64(56)70-58-38-33-50(68(47-24-10-4-11-25-47)48-26-12-5-13-27-48)41-54(58)63-52-29-17-15-19-44(52)31-36-61(63)70/h2-41H. The van der Waals surface area contributed by atoms with Crippen molar-refractivity contribution in [1.29, 1.82) is 5.26 Å². The van der Waals surface area contributed by atoms with Gasteiger partial charge in [-0.15, -0.1) is 0 Å². The summed E-state index contributed by atoms with van der Waals surface area (Å²) in [5.41, 5.74) is 11.9. The summed E-state index contributed by atoms with van der Waals surface area (Å²) in [6.07, 6.45) is 0. The highest BCUT2D eigenvalue weighted by Crippen LogP contribution is 2.47. The number of nitriles is 1. The van der Waals surface area contributed by atoms with Gasteiger partial charge in [0.25, 0.3) is 0 Å². The van der Waals surface area contributed by atoms with Crippen molar-refractivity contribution < 1.29 is 0 Å². The van der Waals surface area contributed by atoms with E-state index >= 15 is 0 Å². The van der Waals surface area contributed by atoms with E-state index in [4.69, 9.17) is 6.57 Å². The number of rotatable bonds is 8. The molecule has 0 aliphatic carbocycles. The number of aromatic nitrogens is 2. The number of fused-ring (bicyclic) bond motifs is 10. The van der Waals surface area contributed by atoms with Crippen LogP contribution in [0.5, 0.6) is 0 Å². The van der Waals surface area contributed by atoms with Crippen molar-refractivity contribution in [3.63, 3.8) is 0 Å². The van der Waals surface area contributed by atoms with Crippen molar-refractivity contribution in [1.82, 2.24) is 9.13 Å². The molecule has 0 saturated heterocycles. The quantitative estimate of drug-likeness (QED) is 0.143. The van der Waals surface area contributed by atoms with Crippen LogP contribution in [-0.2, 0) is 0 Å². The molecule has 0 spiro atoms. The summed E-state index contributed by atoms with van der Waals surface area (Å²) >= 11 is 0. The van der Waals surface area contributed by atoms with E-state index in [0.717, 1.165) is 99.3 Å². The lowest BCUT2D eigenvalue weighted by atomic mass is 10.0. The molecule has 0 N–H and O–H groups in total. The Kier molecular flexibility index (Phi) is 9.50. The summed E-state index contributed by atoms with van der Waals surface area (Å²) < 4.78 is 4.38. The monoisotopic (exact) mass is 892 g/mol. The van der Waals surface area contributed by atoms with E-state index in [1.165, 1.54) is 0 Å². The normalized spacial score (nSPS) is 11.4. The van der Waals surface area contributed by atoms with E-state index in [2.05, 4.69) is 236 Å². The van der Waals surface area contributed by atoms with E-state index in [9.17, 15) is 5.26 Å². The first-order valence-corrected chi connectivity index (χ1v) is 23.4. The molecule has 70 heavy (non-hydrogen) atoms. The van der Waals surface area contributed by atoms with Crippen LogP contribution >= 0.6 is 0 Å². The Balaban J connectivity index is 1.10. The zero-order valence-corrected chi connectivity index (χ0v) is 37.8. The molecule has 2 heterocycles. The molecule has 6 heteroatoms. The second-order valence-electron chi connectivity index (χ2n) is 17.5. The first-order valence-electron chi connectivity index (χ1n) is 23.4. The lowest BCUT2D eigenvalue weighted by Gasteiger charge is -2.25. The van der Waals surface area contributed by atoms with Gasteiger partial charge in [0.2, 0.25) is 5.69 Å². The summed E-state index contributed by atoms with van der Waals surface area (Å²) in [4.78, 5) is 8.73. The summed E-state index contributed by atoms with van der Waals surface area (Å²) in [5.74, 6) is 0. The van der Waals surface area contributed by atoms with Crippen LogP contribution in [-0.4, -0.2) is 9.13 Å². The van der Waals surface area contributed by atoms with Gasteiger partial charge in [0, 0.05) is 55.7 Å². The van der Waals surface area contributed by atoms with Crippen LogP contribution < -0.4 is 9.80 Å². The number of hydrogen-bond donors (Lipinski definition) is 0. The van der Waals surface area contributed by atoms with Crippen molar-refractivity contribution in [2.24, 2.45) is 0 Å². The number of hydrogen-bond acceptors (Lipinski definition) is 3. The lowest BCUT2D eigenvalue weighted by Crippen LogP contribution is -2.09. The molecule has 11 aromatic carbocycles. The highest BCUT2D eigenvalue weighted by molar-refractivity contribution is 6.24. The van der Waals surface area contributed by atoms with Gasteiger partial charge in [-0.25, -0.2) is 4.85 Å². The van der Waals surface area contributed by atoms with Crippen molar-refractivity contribution in [2.45, 2.75) is 0 Å². The van der Waals surface area contributed by atoms with E-state index in [0.29, 0.717) is 22.6 Å². The van der Waals surface area contributed by atoms with Crippen LogP contribution in [0.25, 0.3) is 81.4 Å². The average Bonchev–Trinajstić information content (AvgIpc) is 3.94. The molecule has 0 aliphatic heterocycles. The zero-order valence-electron chi connectivity index (χ0n) is 37.8. The average molecular weight is 893 g/mol. The summed E-state index contributed by atoms with van der Waals surface area (Å²) in [6, 6.07) is 87.1. The maximum Gasteiger partial charge on any atom is 0.212 e. The summed E-state index contributed by atoms with van der Waals surface area (Å²) in [5, 5.41) is 20.4. The molecule has 326 valence electrons. The van der Waals surface area contributed by atoms with Crippen LogP contribution in [0.4, 0.5) is 39.8 Å². The molecular formula is C64H40N6. The predicted octanol–water partition coefficient (Wildman–Crippen LogP) is 17.5. The fourth-order valence-electron chi connectivity index (χ4n) is 10.7. The Morgan fingerprint density at radius 3 is 1.21 bits per heavy atom. The third-order valence-electron chi connectivity index (χ3n) is 13.7. The lowest BCUT2D eigenvalue weighted by molar-refractivity contribution is 1.12. The van der Waals surface area contributed by atoms with Gasteiger partial charge < -0.3 is 18.9 Å². The van der Waals surface area contributed by atoms with E-state index in [-0.39, 0.29) is 0 Å². The number of nitrogens with zero attached hydrogens (tertiary/aromatic N) is 6. The minimum absolute atomic E-state index is 0.390. The minimum atomic E-state index is 0.390. The van der Waals surface area contributed by atoms with E-state index in [1.54, 1.807) is 0 Å². The second kappa shape index (κ2) is 16.5. The van der Waals surface area contributed by atoms with Crippen molar-refractivity contribution in [2.75, 3.05) is 9.80 Å². The van der Waals surface area contributed by atoms with Crippen LogP contribution in [0.2, 0.25) is 0 Å². The third-order valence-corrected chi connectivity index (χ3v) is 13.7. The van der Waals surface area contributed by atoms with Crippen molar-refractivity contribution in [3.8, 4) is 17.4 Å². The number of benzene rings is 11. The summed E-state index contributed by atoms with van der Waals surface area (Å²) in [7, 11) is 0. The smallest absolute Gasteiger partial charge is 0.212 e. The fraction of sp³-hybridized carbons (Fsp3) is 0. The molecule has 0 saturated carbocycles. The first-order chi connectivity index (χ1) is 34.7.